The van der Waals surface area contributed by atoms with E-state index in [2.05, 4.69) is 29.4 Å². The highest BCUT2D eigenvalue weighted by atomic mass is 16.2. The van der Waals surface area contributed by atoms with E-state index in [0.717, 1.165) is 12.8 Å². The van der Waals surface area contributed by atoms with Crippen molar-refractivity contribution < 1.29 is 4.79 Å². The Bertz CT molecular complexity index is 835. The van der Waals surface area contributed by atoms with Gasteiger partial charge in [0.1, 0.15) is 0 Å². The lowest BCUT2D eigenvalue weighted by Crippen LogP contribution is -2.54. The number of amides is 1. The van der Waals surface area contributed by atoms with E-state index < -0.39 is 0 Å². The monoisotopic (exact) mass is 342 g/mol. The first-order valence-electron chi connectivity index (χ1n) is 8.86. The third-order valence-electron chi connectivity index (χ3n) is 5.48. The summed E-state index contributed by atoms with van der Waals surface area (Å²) in [6, 6.07) is 7.14. The molecule has 25 heavy (non-hydrogen) atoms. The minimum absolute atomic E-state index is 0.00434. The zero-order valence-corrected chi connectivity index (χ0v) is 15.2. The molecule has 0 aliphatic heterocycles. The van der Waals surface area contributed by atoms with E-state index in [9.17, 15) is 9.59 Å². The lowest BCUT2D eigenvalue weighted by molar-refractivity contribution is 0.0796. The zero-order valence-electron chi connectivity index (χ0n) is 15.2. The van der Waals surface area contributed by atoms with Crippen molar-refractivity contribution in [2.24, 2.45) is 7.05 Å². The Labute approximate surface area is 147 Å². The number of nitrogens with zero attached hydrogens (tertiary/aromatic N) is 3. The van der Waals surface area contributed by atoms with Gasteiger partial charge in [-0.05, 0) is 33.0 Å². The maximum atomic E-state index is 12.8. The van der Waals surface area contributed by atoms with E-state index in [-0.39, 0.29) is 17.0 Å². The molecule has 3 rings (SSSR count). The average molecular weight is 342 g/mol. The summed E-state index contributed by atoms with van der Waals surface area (Å²) in [7, 11) is 5.74. The Balaban J connectivity index is 1.88. The number of benzene rings is 1. The number of fused-ring (bicyclic) bond motifs is 1. The second-order valence-electron chi connectivity index (χ2n) is 7.19. The Morgan fingerprint density at radius 3 is 2.48 bits per heavy atom. The standard InChI is InChI=1S/C19H26N4O2/c1-22(2)19(11-7-4-8-12-19)13-20-17(24)16-14-9-5-6-10-15(14)18(25)23(3)21-16/h5-6,9-10H,4,7-8,11-13H2,1-3H3,(H,20,24). The molecule has 1 heterocycles. The summed E-state index contributed by atoms with van der Waals surface area (Å²) in [5, 5.41) is 8.40. The van der Waals surface area contributed by atoms with Crippen LogP contribution in [0.3, 0.4) is 0 Å². The van der Waals surface area contributed by atoms with Gasteiger partial charge in [0.15, 0.2) is 5.69 Å². The first-order valence-corrected chi connectivity index (χ1v) is 8.86. The quantitative estimate of drug-likeness (QED) is 0.922. The first-order chi connectivity index (χ1) is 11.9. The number of hydrogen-bond acceptors (Lipinski definition) is 4. The summed E-state index contributed by atoms with van der Waals surface area (Å²) >= 11 is 0. The molecule has 0 unspecified atom stereocenters. The van der Waals surface area contributed by atoms with Crippen LogP contribution in [-0.2, 0) is 7.05 Å². The third-order valence-corrected chi connectivity index (χ3v) is 5.48. The van der Waals surface area contributed by atoms with Crippen LogP contribution in [0.5, 0.6) is 0 Å². The SMILES string of the molecule is CN(C)C1(CNC(=O)c2nn(C)c(=O)c3ccccc23)CCCCC1. The van der Waals surface area contributed by atoms with E-state index in [1.165, 1.54) is 23.9 Å². The molecule has 6 nitrogen and oxygen atoms in total. The summed E-state index contributed by atoms with van der Waals surface area (Å²) in [6.07, 6.45) is 5.81. The predicted octanol–water partition coefficient (Wildman–Crippen LogP) is 1.93. The highest BCUT2D eigenvalue weighted by molar-refractivity contribution is 6.04. The molecule has 1 aromatic carbocycles. The maximum Gasteiger partial charge on any atom is 0.274 e. The van der Waals surface area contributed by atoms with E-state index in [4.69, 9.17) is 0 Å². The number of aryl methyl sites for hydroxylation is 1. The molecule has 1 aliphatic carbocycles. The van der Waals surface area contributed by atoms with Crippen molar-refractivity contribution in [2.45, 2.75) is 37.6 Å². The van der Waals surface area contributed by atoms with Crippen LogP contribution in [0.25, 0.3) is 10.8 Å². The van der Waals surface area contributed by atoms with E-state index in [1.54, 1.807) is 25.2 Å². The fourth-order valence-corrected chi connectivity index (χ4v) is 3.79. The molecular weight excluding hydrogens is 316 g/mol. The zero-order chi connectivity index (χ0) is 18.0. The van der Waals surface area contributed by atoms with Gasteiger partial charge < -0.3 is 10.2 Å². The van der Waals surface area contributed by atoms with Crippen molar-refractivity contribution in [1.29, 1.82) is 0 Å². The first kappa shape index (κ1) is 17.6. The molecule has 134 valence electrons. The average Bonchev–Trinajstić information content (AvgIpc) is 2.63. The second-order valence-corrected chi connectivity index (χ2v) is 7.19. The summed E-state index contributed by atoms with van der Waals surface area (Å²) in [5.41, 5.74) is 0.122. The van der Waals surface area contributed by atoms with Crippen LogP contribution in [0.2, 0.25) is 0 Å². The highest BCUT2D eigenvalue weighted by Crippen LogP contribution is 2.31. The lowest BCUT2D eigenvalue weighted by atomic mass is 9.80. The van der Waals surface area contributed by atoms with Crippen LogP contribution in [-0.4, -0.2) is 46.8 Å². The molecule has 0 spiro atoms. The number of rotatable bonds is 4. The van der Waals surface area contributed by atoms with Gasteiger partial charge in [0.05, 0.1) is 5.39 Å². The van der Waals surface area contributed by atoms with Crippen molar-refractivity contribution >= 4 is 16.7 Å². The Kier molecular flexibility index (Phi) is 4.90. The Hall–Kier alpha value is -2.21. The Morgan fingerprint density at radius 2 is 1.84 bits per heavy atom. The molecule has 0 saturated heterocycles. The van der Waals surface area contributed by atoms with Crippen molar-refractivity contribution in [3.05, 3.63) is 40.3 Å². The number of nitrogens with one attached hydrogen (secondary N) is 1. The maximum absolute atomic E-state index is 12.8. The van der Waals surface area contributed by atoms with Gasteiger partial charge in [-0.3, -0.25) is 9.59 Å². The molecule has 2 aromatic rings. The largest absolute Gasteiger partial charge is 0.349 e. The van der Waals surface area contributed by atoms with Crippen molar-refractivity contribution in [2.75, 3.05) is 20.6 Å². The summed E-state index contributed by atoms with van der Waals surface area (Å²) in [5.74, 6) is -0.224. The van der Waals surface area contributed by atoms with Crippen LogP contribution < -0.4 is 10.9 Å². The van der Waals surface area contributed by atoms with E-state index >= 15 is 0 Å². The molecule has 0 atom stereocenters. The summed E-state index contributed by atoms with van der Waals surface area (Å²) in [4.78, 5) is 27.3. The minimum atomic E-state index is -0.224. The molecule has 1 N–H and O–H groups in total. The van der Waals surface area contributed by atoms with Crippen LogP contribution >= 0.6 is 0 Å². The van der Waals surface area contributed by atoms with Gasteiger partial charge in [0.25, 0.3) is 11.5 Å². The molecular formula is C19H26N4O2. The van der Waals surface area contributed by atoms with Gasteiger partial charge in [0, 0.05) is 24.5 Å². The molecule has 0 bridgehead atoms. The van der Waals surface area contributed by atoms with Crippen LogP contribution in [0.4, 0.5) is 0 Å². The number of aromatic nitrogens is 2. The van der Waals surface area contributed by atoms with Gasteiger partial charge in [-0.1, -0.05) is 37.5 Å². The second kappa shape index (κ2) is 6.96. The molecule has 6 heteroatoms. The van der Waals surface area contributed by atoms with E-state index in [0.29, 0.717) is 23.0 Å². The fourth-order valence-electron chi connectivity index (χ4n) is 3.79. The normalized spacial score (nSPS) is 17.0. The van der Waals surface area contributed by atoms with Gasteiger partial charge in [-0.15, -0.1) is 0 Å². The topological polar surface area (TPSA) is 67.2 Å². The van der Waals surface area contributed by atoms with Gasteiger partial charge in [-0.2, -0.15) is 5.10 Å². The number of hydrogen-bond donors (Lipinski definition) is 1. The summed E-state index contributed by atoms with van der Waals surface area (Å²) < 4.78 is 1.24. The molecule has 1 saturated carbocycles. The van der Waals surface area contributed by atoms with Gasteiger partial charge >= 0.3 is 0 Å². The molecule has 1 aromatic heterocycles. The van der Waals surface area contributed by atoms with Crippen LogP contribution in [0, 0.1) is 0 Å². The minimum Gasteiger partial charge on any atom is -0.349 e. The van der Waals surface area contributed by atoms with Crippen molar-refractivity contribution in [3.8, 4) is 0 Å². The lowest BCUT2D eigenvalue weighted by Gasteiger charge is -2.43. The van der Waals surface area contributed by atoms with Crippen molar-refractivity contribution in [3.63, 3.8) is 0 Å². The van der Waals surface area contributed by atoms with Gasteiger partial charge in [0.2, 0.25) is 0 Å². The number of carbonyl (C=O) groups excluding carboxylic acids is 1. The Morgan fingerprint density at radius 1 is 1.20 bits per heavy atom. The number of carbonyl (C=O) groups is 1. The third kappa shape index (κ3) is 3.31. The number of likely N-dealkylation sites (N-methyl/N-ethyl adjacent to an activating group) is 1. The highest BCUT2D eigenvalue weighted by Gasteiger charge is 2.34. The van der Waals surface area contributed by atoms with Crippen LogP contribution in [0.1, 0.15) is 42.6 Å². The van der Waals surface area contributed by atoms with Gasteiger partial charge in [-0.25, -0.2) is 4.68 Å². The molecule has 1 fully saturated rings. The van der Waals surface area contributed by atoms with Crippen LogP contribution in [0.15, 0.2) is 29.1 Å². The van der Waals surface area contributed by atoms with E-state index in [1.807, 2.05) is 6.07 Å². The molecule has 1 amide bonds. The molecule has 0 radical (unpaired) electrons. The molecule has 1 aliphatic rings. The summed E-state index contributed by atoms with van der Waals surface area (Å²) in [6.45, 7) is 0.595. The van der Waals surface area contributed by atoms with Crippen molar-refractivity contribution in [1.82, 2.24) is 20.0 Å². The fraction of sp³-hybridized carbons (Fsp3) is 0.526. The smallest absolute Gasteiger partial charge is 0.274 e. The predicted molar refractivity (Wildman–Crippen MR) is 98.8 cm³/mol.